The van der Waals surface area contributed by atoms with Gasteiger partial charge < -0.3 is 10.5 Å². The molecule has 0 radical (unpaired) electrons. The van der Waals surface area contributed by atoms with Crippen molar-refractivity contribution in [3.05, 3.63) is 22.8 Å². The number of ether oxygens (including phenoxy) is 1. The molecule has 2 unspecified atom stereocenters. The molecule has 1 aromatic heterocycles. The van der Waals surface area contributed by atoms with E-state index in [9.17, 15) is 0 Å². The Morgan fingerprint density at radius 3 is 2.15 bits per heavy atom. The smallest absolute Gasteiger partial charge is 0.160 e. The number of rotatable bonds is 7. The molecule has 1 rings (SSSR count). The van der Waals surface area contributed by atoms with Crippen LogP contribution >= 0.6 is 0 Å². The Bertz CT molecular complexity index is 424. The van der Waals surface area contributed by atoms with Crippen molar-refractivity contribution in [1.29, 1.82) is 0 Å². The van der Waals surface area contributed by atoms with Crippen LogP contribution < -0.4 is 5.73 Å². The first kappa shape index (κ1) is 17.1. The van der Waals surface area contributed by atoms with Crippen LogP contribution in [-0.2, 0) is 16.8 Å². The van der Waals surface area contributed by atoms with Gasteiger partial charge in [0.2, 0.25) is 0 Å². The molecule has 0 aromatic carbocycles. The van der Waals surface area contributed by atoms with Crippen LogP contribution in [0.5, 0.6) is 0 Å². The molecule has 0 aliphatic rings. The summed E-state index contributed by atoms with van der Waals surface area (Å²) in [6.07, 6.45) is 1.80. The van der Waals surface area contributed by atoms with Crippen LogP contribution in [0.1, 0.15) is 56.9 Å². The second-order valence-corrected chi connectivity index (χ2v) is 5.76. The molecule has 0 aliphatic heterocycles. The Hall–Kier alpha value is -1.00. The maximum atomic E-state index is 5.87. The Morgan fingerprint density at radius 1 is 1.20 bits per heavy atom. The van der Waals surface area contributed by atoms with Crippen molar-refractivity contribution in [3.63, 3.8) is 0 Å². The van der Waals surface area contributed by atoms with E-state index in [0.29, 0.717) is 19.1 Å². The van der Waals surface area contributed by atoms with Crippen molar-refractivity contribution >= 4 is 0 Å². The fourth-order valence-electron chi connectivity index (χ4n) is 2.35. The summed E-state index contributed by atoms with van der Waals surface area (Å²) in [6, 6.07) is 0. The van der Waals surface area contributed by atoms with Gasteiger partial charge in [0.15, 0.2) is 5.82 Å². The first-order valence-corrected chi connectivity index (χ1v) is 7.56. The summed E-state index contributed by atoms with van der Waals surface area (Å²) in [4.78, 5) is 9.41. The molecule has 0 fully saturated rings. The van der Waals surface area contributed by atoms with Crippen LogP contribution in [0, 0.1) is 19.8 Å². The molecule has 0 saturated heterocycles. The van der Waals surface area contributed by atoms with Crippen molar-refractivity contribution < 1.29 is 4.74 Å². The van der Waals surface area contributed by atoms with Crippen LogP contribution in [0.4, 0.5) is 0 Å². The first-order chi connectivity index (χ1) is 9.37. The summed E-state index contributed by atoms with van der Waals surface area (Å²) in [6.45, 7) is 13.8. The standard InChI is InChI=1S/C16H29N3O/c1-7-16(6,20-8-2)15-18-12(4)14(13(5)19-15)9-11(3)10-17/h11H,7-10,17H2,1-6H3. The van der Waals surface area contributed by atoms with E-state index in [1.54, 1.807) is 0 Å². The zero-order valence-corrected chi connectivity index (χ0v) is 13.8. The van der Waals surface area contributed by atoms with Gasteiger partial charge in [-0.25, -0.2) is 9.97 Å². The third kappa shape index (κ3) is 3.76. The summed E-state index contributed by atoms with van der Waals surface area (Å²) >= 11 is 0. The lowest BCUT2D eigenvalue weighted by atomic mass is 9.97. The highest BCUT2D eigenvalue weighted by Gasteiger charge is 2.29. The van der Waals surface area contributed by atoms with Gasteiger partial charge in [0.1, 0.15) is 5.60 Å². The van der Waals surface area contributed by atoms with Crippen molar-refractivity contribution in [2.75, 3.05) is 13.2 Å². The lowest BCUT2D eigenvalue weighted by Gasteiger charge is -2.28. The average Bonchev–Trinajstić information content (AvgIpc) is 2.42. The fourth-order valence-corrected chi connectivity index (χ4v) is 2.35. The second kappa shape index (κ2) is 7.14. The lowest BCUT2D eigenvalue weighted by molar-refractivity contribution is -0.0393. The number of aryl methyl sites for hydroxylation is 2. The Labute approximate surface area is 123 Å². The average molecular weight is 279 g/mol. The van der Waals surface area contributed by atoms with Gasteiger partial charge >= 0.3 is 0 Å². The number of nitrogens with two attached hydrogens (primary N) is 1. The molecule has 1 aromatic rings. The highest BCUT2D eigenvalue weighted by molar-refractivity contribution is 5.26. The molecule has 0 bridgehead atoms. The summed E-state index contributed by atoms with van der Waals surface area (Å²) in [5, 5.41) is 0. The molecule has 0 aliphatic carbocycles. The maximum Gasteiger partial charge on any atom is 0.160 e. The minimum Gasteiger partial charge on any atom is -0.368 e. The third-order valence-corrected chi connectivity index (χ3v) is 3.99. The highest BCUT2D eigenvalue weighted by atomic mass is 16.5. The van der Waals surface area contributed by atoms with Crippen LogP contribution in [0.2, 0.25) is 0 Å². The molecular weight excluding hydrogens is 250 g/mol. The van der Waals surface area contributed by atoms with E-state index in [1.165, 1.54) is 5.56 Å². The molecule has 2 N–H and O–H groups in total. The lowest BCUT2D eigenvalue weighted by Crippen LogP contribution is -2.29. The third-order valence-electron chi connectivity index (χ3n) is 3.99. The number of hydrogen-bond acceptors (Lipinski definition) is 4. The second-order valence-electron chi connectivity index (χ2n) is 5.76. The maximum absolute atomic E-state index is 5.87. The zero-order valence-electron chi connectivity index (χ0n) is 13.8. The van der Waals surface area contributed by atoms with Crippen LogP contribution in [0.3, 0.4) is 0 Å². The molecule has 0 amide bonds. The Balaban J connectivity index is 3.15. The quantitative estimate of drug-likeness (QED) is 0.833. The SMILES string of the molecule is CCOC(C)(CC)c1nc(C)c(CC(C)CN)c(C)n1. The monoisotopic (exact) mass is 279 g/mol. The van der Waals surface area contributed by atoms with E-state index >= 15 is 0 Å². The molecular formula is C16H29N3O. The molecule has 4 nitrogen and oxygen atoms in total. The van der Waals surface area contributed by atoms with Gasteiger partial charge in [-0.3, -0.25) is 0 Å². The summed E-state index contributed by atoms with van der Waals surface area (Å²) in [5.74, 6) is 1.24. The van der Waals surface area contributed by atoms with E-state index in [2.05, 4.69) is 34.6 Å². The summed E-state index contributed by atoms with van der Waals surface area (Å²) in [5.41, 5.74) is 8.64. The van der Waals surface area contributed by atoms with Crippen molar-refractivity contribution in [2.24, 2.45) is 11.7 Å². The van der Waals surface area contributed by atoms with Crippen molar-refractivity contribution in [3.8, 4) is 0 Å². The van der Waals surface area contributed by atoms with Crippen molar-refractivity contribution in [1.82, 2.24) is 9.97 Å². The minimum absolute atomic E-state index is 0.401. The molecule has 4 heteroatoms. The molecule has 0 saturated carbocycles. The number of nitrogens with zero attached hydrogens (tertiary/aromatic N) is 2. The fraction of sp³-hybridized carbons (Fsp3) is 0.750. The minimum atomic E-state index is -0.401. The molecule has 2 atom stereocenters. The Morgan fingerprint density at radius 2 is 1.75 bits per heavy atom. The highest BCUT2D eigenvalue weighted by Crippen LogP contribution is 2.27. The van der Waals surface area contributed by atoms with Crippen LogP contribution in [-0.4, -0.2) is 23.1 Å². The van der Waals surface area contributed by atoms with Crippen LogP contribution in [0.15, 0.2) is 0 Å². The molecule has 0 spiro atoms. The van der Waals surface area contributed by atoms with Gasteiger partial charge in [-0.15, -0.1) is 0 Å². The van der Waals surface area contributed by atoms with E-state index < -0.39 is 5.60 Å². The van der Waals surface area contributed by atoms with Gasteiger partial charge in [0.25, 0.3) is 0 Å². The van der Waals surface area contributed by atoms with E-state index in [1.807, 2.05) is 6.92 Å². The van der Waals surface area contributed by atoms with Crippen molar-refractivity contribution in [2.45, 2.75) is 60.0 Å². The molecule has 114 valence electrons. The van der Waals surface area contributed by atoms with Gasteiger partial charge in [0.05, 0.1) is 0 Å². The Kier molecular flexibility index (Phi) is 6.08. The van der Waals surface area contributed by atoms with Gasteiger partial charge in [-0.2, -0.15) is 0 Å². The predicted molar refractivity (Wildman–Crippen MR) is 82.7 cm³/mol. The summed E-state index contributed by atoms with van der Waals surface area (Å²) in [7, 11) is 0. The first-order valence-electron chi connectivity index (χ1n) is 7.56. The van der Waals surface area contributed by atoms with Gasteiger partial charge in [0, 0.05) is 18.0 Å². The predicted octanol–water partition coefficient (Wildman–Crippen LogP) is 2.89. The zero-order chi connectivity index (χ0) is 15.3. The van der Waals surface area contributed by atoms with Gasteiger partial charge in [-0.05, 0) is 58.6 Å². The van der Waals surface area contributed by atoms with E-state index in [4.69, 9.17) is 20.4 Å². The van der Waals surface area contributed by atoms with E-state index in [0.717, 1.165) is 30.1 Å². The van der Waals surface area contributed by atoms with Gasteiger partial charge in [-0.1, -0.05) is 13.8 Å². The molecule has 20 heavy (non-hydrogen) atoms. The summed E-state index contributed by atoms with van der Waals surface area (Å²) < 4.78 is 5.87. The van der Waals surface area contributed by atoms with E-state index in [-0.39, 0.29) is 0 Å². The number of aromatic nitrogens is 2. The topological polar surface area (TPSA) is 61.0 Å². The largest absolute Gasteiger partial charge is 0.368 e. The normalized spacial score (nSPS) is 15.9. The number of hydrogen-bond donors (Lipinski definition) is 1. The van der Waals surface area contributed by atoms with Crippen LogP contribution in [0.25, 0.3) is 0 Å². The molecule has 1 heterocycles.